The normalized spacial score (nSPS) is 25.6. The van der Waals surface area contributed by atoms with E-state index in [-0.39, 0.29) is 30.3 Å². The Labute approximate surface area is 172 Å². The molecule has 0 aromatic heterocycles. The Kier molecular flexibility index (Phi) is 6.80. The van der Waals surface area contributed by atoms with Gasteiger partial charge in [-0.3, -0.25) is 9.59 Å². The number of aliphatic hydroxyl groups excluding tert-OH is 2. The molecule has 1 fully saturated rings. The Morgan fingerprint density at radius 2 is 1.90 bits per heavy atom. The molecule has 3 rings (SSSR count). The fourth-order valence-electron chi connectivity index (χ4n) is 4.48. The lowest BCUT2D eigenvalue weighted by molar-refractivity contribution is -0.138. The van der Waals surface area contributed by atoms with Crippen molar-refractivity contribution in [1.29, 1.82) is 0 Å². The lowest BCUT2D eigenvalue weighted by atomic mass is 9.72. The van der Waals surface area contributed by atoms with Crippen molar-refractivity contribution >= 4 is 11.8 Å². The molecular weight excluding hydrogens is 372 g/mol. The number of rotatable bonds is 1. The van der Waals surface area contributed by atoms with Gasteiger partial charge < -0.3 is 24.7 Å². The van der Waals surface area contributed by atoms with Gasteiger partial charge in [0.05, 0.1) is 12.2 Å². The van der Waals surface area contributed by atoms with Gasteiger partial charge >= 0.3 is 0 Å². The number of hydrogen-bond acceptors (Lipinski definition) is 5. The van der Waals surface area contributed by atoms with Crippen LogP contribution >= 0.6 is 0 Å². The van der Waals surface area contributed by atoms with Crippen LogP contribution in [0.2, 0.25) is 0 Å². The summed E-state index contributed by atoms with van der Waals surface area (Å²) in [6.45, 7) is 3.47. The first kappa shape index (κ1) is 21.6. The maximum absolute atomic E-state index is 12.7. The predicted molar refractivity (Wildman–Crippen MR) is 108 cm³/mol. The van der Waals surface area contributed by atoms with E-state index in [0.717, 1.165) is 5.56 Å². The number of carbonyl (C=O) groups is 2. The molecule has 1 aromatic carbocycles. The van der Waals surface area contributed by atoms with Gasteiger partial charge in [0.1, 0.15) is 5.75 Å². The van der Waals surface area contributed by atoms with Gasteiger partial charge in [-0.15, -0.1) is 0 Å². The number of carbonyl (C=O) groups excluding carboxylic acids is 2. The number of ether oxygens (including phenoxy) is 1. The first-order valence-corrected chi connectivity index (χ1v) is 10.4. The molecule has 29 heavy (non-hydrogen) atoms. The average Bonchev–Trinajstić information content (AvgIpc) is 2.72. The number of para-hydroxylation sites is 1. The molecule has 0 aliphatic carbocycles. The standard InChI is InChI=1S/C22H32N2O5/c1-3-20(27)24-10-8-22(9-11-24)13-18(26)17(25)12-16-6-4-5-7-19(16)29-14-21(28)23(2)15-22/h4-7,17-18,25-26H,3,8-15H2,1-2H3/t17-,18+/m0/s1. The van der Waals surface area contributed by atoms with Crippen LogP contribution in [-0.2, 0) is 16.0 Å². The summed E-state index contributed by atoms with van der Waals surface area (Å²) in [5, 5.41) is 21.5. The molecule has 7 nitrogen and oxygen atoms in total. The van der Waals surface area contributed by atoms with E-state index < -0.39 is 12.2 Å². The van der Waals surface area contributed by atoms with Gasteiger partial charge in [0.15, 0.2) is 6.61 Å². The number of nitrogens with zero attached hydrogens (tertiary/aromatic N) is 2. The molecule has 2 atom stereocenters. The smallest absolute Gasteiger partial charge is 0.260 e. The number of amides is 2. The molecular formula is C22H32N2O5. The second-order valence-electron chi connectivity index (χ2n) is 8.42. The minimum absolute atomic E-state index is 0.0668. The van der Waals surface area contributed by atoms with E-state index in [1.807, 2.05) is 30.0 Å². The van der Waals surface area contributed by atoms with Crippen LogP contribution in [0.3, 0.4) is 0 Å². The fraction of sp³-hybridized carbons (Fsp3) is 0.636. The minimum Gasteiger partial charge on any atom is -0.483 e. The topological polar surface area (TPSA) is 90.3 Å². The highest BCUT2D eigenvalue weighted by molar-refractivity contribution is 5.77. The molecule has 2 amide bonds. The predicted octanol–water partition coefficient (Wildman–Crippen LogP) is 1.21. The summed E-state index contributed by atoms with van der Waals surface area (Å²) in [5.41, 5.74) is 0.432. The van der Waals surface area contributed by atoms with Crippen LogP contribution in [0.15, 0.2) is 24.3 Å². The summed E-state index contributed by atoms with van der Waals surface area (Å²) >= 11 is 0. The molecule has 2 heterocycles. The van der Waals surface area contributed by atoms with Gasteiger partial charge in [-0.1, -0.05) is 25.1 Å². The number of piperidine rings is 1. The van der Waals surface area contributed by atoms with Crippen LogP contribution in [0, 0.1) is 5.41 Å². The highest BCUT2D eigenvalue weighted by Crippen LogP contribution is 2.38. The molecule has 1 aromatic rings. The third-order valence-electron chi connectivity index (χ3n) is 6.32. The number of aliphatic hydroxyl groups is 2. The summed E-state index contributed by atoms with van der Waals surface area (Å²) in [5.74, 6) is 0.562. The lowest BCUT2D eigenvalue weighted by Crippen LogP contribution is -2.51. The molecule has 2 aliphatic rings. The van der Waals surface area contributed by atoms with Crippen LogP contribution < -0.4 is 4.74 Å². The zero-order chi connectivity index (χ0) is 21.0. The van der Waals surface area contributed by atoms with Crippen molar-refractivity contribution < 1.29 is 24.5 Å². The van der Waals surface area contributed by atoms with Crippen molar-refractivity contribution in [1.82, 2.24) is 9.80 Å². The SMILES string of the molecule is CCC(=O)N1CCC2(CC1)C[C@@H](O)[C@@H](O)Cc1ccccc1OCC(=O)N(C)C2. The highest BCUT2D eigenvalue weighted by Gasteiger charge is 2.40. The maximum atomic E-state index is 12.7. The molecule has 0 unspecified atom stereocenters. The largest absolute Gasteiger partial charge is 0.483 e. The van der Waals surface area contributed by atoms with Crippen LogP contribution in [0.4, 0.5) is 0 Å². The van der Waals surface area contributed by atoms with E-state index in [1.165, 1.54) is 0 Å². The summed E-state index contributed by atoms with van der Waals surface area (Å²) in [7, 11) is 1.75. The number of hydrogen-bond donors (Lipinski definition) is 2. The summed E-state index contributed by atoms with van der Waals surface area (Å²) in [6, 6.07) is 7.29. The highest BCUT2D eigenvalue weighted by atomic mass is 16.5. The summed E-state index contributed by atoms with van der Waals surface area (Å²) < 4.78 is 5.73. The molecule has 7 heteroatoms. The Morgan fingerprint density at radius 3 is 2.59 bits per heavy atom. The molecule has 2 aliphatic heterocycles. The van der Waals surface area contributed by atoms with Crippen molar-refractivity contribution in [2.24, 2.45) is 5.41 Å². The third kappa shape index (κ3) is 5.08. The Morgan fingerprint density at radius 1 is 1.21 bits per heavy atom. The van der Waals surface area contributed by atoms with E-state index in [0.29, 0.717) is 51.1 Å². The van der Waals surface area contributed by atoms with Crippen LogP contribution in [0.25, 0.3) is 0 Å². The van der Waals surface area contributed by atoms with E-state index in [9.17, 15) is 19.8 Å². The number of likely N-dealkylation sites (N-methyl/N-ethyl adjacent to an activating group) is 1. The molecule has 0 saturated carbocycles. The lowest BCUT2D eigenvalue weighted by Gasteiger charge is -2.45. The first-order chi connectivity index (χ1) is 13.8. The van der Waals surface area contributed by atoms with Gasteiger partial charge in [-0.25, -0.2) is 0 Å². The van der Waals surface area contributed by atoms with Gasteiger partial charge in [0, 0.05) is 39.5 Å². The number of likely N-dealkylation sites (tertiary alicyclic amines) is 1. The zero-order valence-corrected chi connectivity index (χ0v) is 17.3. The molecule has 160 valence electrons. The third-order valence-corrected chi connectivity index (χ3v) is 6.32. The monoisotopic (exact) mass is 404 g/mol. The first-order valence-electron chi connectivity index (χ1n) is 10.4. The Bertz CT molecular complexity index is 730. The average molecular weight is 405 g/mol. The second-order valence-corrected chi connectivity index (χ2v) is 8.42. The number of fused-ring (bicyclic) bond motifs is 1. The van der Waals surface area contributed by atoms with Crippen molar-refractivity contribution in [3.8, 4) is 5.75 Å². The summed E-state index contributed by atoms with van der Waals surface area (Å²) in [4.78, 5) is 28.2. The van der Waals surface area contributed by atoms with E-state index in [2.05, 4.69) is 0 Å². The molecule has 1 saturated heterocycles. The molecule has 2 N–H and O–H groups in total. The Hall–Kier alpha value is -2.12. The van der Waals surface area contributed by atoms with Gasteiger partial charge in [0.2, 0.25) is 5.91 Å². The van der Waals surface area contributed by atoms with Crippen molar-refractivity contribution in [2.75, 3.05) is 33.3 Å². The van der Waals surface area contributed by atoms with Gasteiger partial charge in [-0.05, 0) is 36.3 Å². The fourth-order valence-corrected chi connectivity index (χ4v) is 4.48. The molecule has 0 radical (unpaired) electrons. The van der Waals surface area contributed by atoms with Gasteiger partial charge in [0.25, 0.3) is 5.91 Å². The second kappa shape index (κ2) is 9.13. The molecule has 1 spiro atoms. The van der Waals surface area contributed by atoms with Gasteiger partial charge in [-0.2, -0.15) is 0 Å². The minimum atomic E-state index is -0.924. The molecule has 0 bridgehead atoms. The summed E-state index contributed by atoms with van der Waals surface area (Å²) in [6.07, 6.45) is 0.672. The van der Waals surface area contributed by atoms with Crippen LogP contribution in [-0.4, -0.2) is 77.3 Å². The van der Waals surface area contributed by atoms with Crippen LogP contribution in [0.5, 0.6) is 5.75 Å². The maximum Gasteiger partial charge on any atom is 0.260 e. The quantitative estimate of drug-likeness (QED) is 0.734. The number of benzene rings is 1. The van der Waals surface area contributed by atoms with E-state index in [4.69, 9.17) is 4.74 Å². The van der Waals surface area contributed by atoms with E-state index >= 15 is 0 Å². The van der Waals surface area contributed by atoms with Crippen molar-refractivity contribution in [2.45, 2.75) is 51.2 Å². The van der Waals surface area contributed by atoms with E-state index in [1.54, 1.807) is 18.0 Å². The van der Waals surface area contributed by atoms with Crippen LogP contribution in [0.1, 0.15) is 38.2 Å². The van der Waals surface area contributed by atoms with Crippen molar-refractivity contribution in [3.63, 3.8) is 0 Å². The van der Waals surface area contributed by atoms with Crippen molar-refractivity contribution in [3.05, 3.63) is 29.8 Å². The Balaban J connectivity index is 1.82. The zero-order valence-electron chi connectivity index (χ0n) is 17.3.